The van der Waals surface area contributed by atoms with Gasteiger partial charge in [0.25, 0.3) is 5.91 Å². The largest absolute Gasteiger partial charge is 0.380 e. The van der Waals surface area contributed by atoms with Crippen LogP contribution in [0.25, 0.3) is 0 Å². The molecule has 0 aliphatic rings. The molecule has 0 atom stereocenters. The fourth-order valence-electron chi connectivity index (χ4n) is 1.67. The third-order valence-corrected chi connectivity index (χ3v) is 3.41. The van der Waals surface area contributed by atoms with E-state index in [2.05, 4.69) is 5.32 Å². The Balaban J connectivity index is 2.89. The van der Waals surface area contributed by atoms with E-state index in [0.717, 1.165) is 24.3 Å². The van der Waals surface area contributed by atoms with E-state index in [1.165, 1.54) is 4.90 Å². The molecule has 0 spiro atoms. The molecule has 0 fully saturated rings. The van der Waals surface area contributed by atoms with Crippen LogP contribution in [0.5, 0.6) is 0 Å². The molecule has 6 heteroatoms. The number of hydrogen-bond acceptors (Lipinski definition) is 3. The molecule has 1 amide bonds. The van der Waals surface area contributed by atoms with Gasteiger partial charge in [-0.3, -0.25) is 4.79 Å². The molecule has 1 N–H and O–H groups in total. The molecule has 0 aromatic heterocycles. The molecule has 0 saturated carbocycles. The molecule has 20 heavy (non-hydrogen) atoms. The number of rotatable bonds is 7. The summed E-state index contributed by atoms with van der Waals surface area (Å²) in [5, 5.41) is 2.68. The van der Waals surface area contributed by atoms with Gasteiger partial charge in [-0.25, -0.2) is 8.78 Å². The quantitative estimate of drug-likeness (QED) is 0.839. The van der Waals surface area contributed by atoms with Crippen LogP contribution in [-0.2, 0) is 0 Å². The number of carbonyl (C=O) groups excluding carboxylic acids is 1. The molecule has 112 valence electrons. The number of anilines is 1. The van der Waals surface area contributed by atoms with Crippen LogP contribution in [0, 0.1) is 11.6 Å². The zero-order chi connectivity index (χ0) is 15.1. The minimum atomic E-state index is -0.736. The average molecular weight is 302 g/mol. The Hall–Kier alpha value is -1.30. The first-order valence-corrected chi connectivity index (χ1v) is 7.88. The first-order chi connectivity index (χ1) is 9.51. The standard InChI is InChI=1S/C14H20F2N2OS/c1-4-5-17-13-11(15)8-10(9-12(13)16)14(19)18(2)6-7-20-3/h8-9,17H,4-7H2,1-3H3. The summed E-state index contributed by atoms with van der Waals surface area (Å²) in [6, 6.07) is 2.16. The van der Waals surface area contributed by atoms with Crippen molar-refractivity contribution in [3.63, 3.8) is 0 Å². The number of amides is 1. The lowest BCUT2D eigenvalue weighted by Crippen LogP contribution is -2.29. The highest BCUT2D eigenvalue weighted by Gasteiger charge is 2.17. The normalized spacial score (nSPS) is 10.4. The zero-order valence-corrected chi connectivity index (χ0v) is 12.8. The molecular formula is C14H20F2N2OS. The maximum atomic E-state index is 13.8. The van der Waals surface area contributed by atoms with Crippen LogP contribution in [0.4, 0.5) is 14.5 Å². The molecule has 3 nitrogen and oxygen atoms in total. The van der Waals surface area contributed by atoms with Gasteiger partial charge in [-0.1, -0.05) is 6.92 Å². The van der Waals surface area contributed by atoms with E-state index in [4.69, 9.17) is 0 Å². The van der Waals surface area contributed by atoms with Crippen LogP contribution in [0.15, 0.2) is 12.1 Å². The number of halogens is 2. The van der Waals surface area contributed by atoms with Gasteiger partial charge < -0.3 is 10.2 Å². The van der Waals surface area contributed by atoms with E-state index in [-0.39, 0.29) is 17.2 Å². The number of benzene rings is 1. The van der Waals surface area contributed by atoms with Gasteiger partial charge in [0.1, 0.15) is 17.3 Å². The molecule has 0 bridgehead atoms. The molecule has 0 aliphatic heterocycles. The van der Waals surface area contributed by atoms with Gasteiger partial charge in [0, 0.05) is 31.5 Å². The predicted octanol–water partition coefficient (Wildman–Crippen LogP) is 3.22. The first-order valence-electron chi connectivity index (χ1n) is 6.48. The lowest BCUT2D eigenvalue weighted by Gasteiger charge is -2.17. The van der Waals surface area contributed by atoms with E-state index in [0.29, 0.717) is 13.1 Å². The maximum absolute atomic E-state index is 13.8. The molecule has 0 unspecified atom stereocenters. The monoisotopic (exact) mass is 302 g/mol. The van der Waals surface area contributed by atoms with Crippen molar-refractivity contribution in [2.45, 2.75) is 13.3 Å². The van der Waals surface area contributed by atoms with E-state index in [9.17, 15) is 13.6 Å². The second-order valence-electron chi connectivity index (χ2n) is 4.46. The Morgan fingerprint density at radius 2 is 1.95 bits per heavy atom. The summed E-state index contributed by atoms with van der Waals surface area (Å²) in [5.41, 5.74) is -0.138. The number of hydrogen-bond donors (Lipinski definition) is 1. The van der Waals surface area contributed by atoms with Crippen LogP contribution < -0.4 is 5.32 Å². The molecular weight excluding hydrogens is 282 g/mol. The number of carbonyl (C=O) groups is 1. The van der Waals surface area contributed by atoms with Crippen molar-refractivity contribution < 1.29 is 13.6 Å². The second kappa shape index (κ2) is 8.09. The fraction of sp³-hybridized carbons (Fsp3) is 0.500. The summed E-state index contributed by atoms with van der Waals surface area (Å²) in [6.45, 7) is 2.93. The topological polar surface area (TPSA) is 32.3 Å². The van der Waals surface area contributed by atoms with Crippen LogP contribution in [0.1, 0.15) is 23.7 Å². The van der Waals surface area contributed by atoms with Gasteiger partial charge in [0.2, 0.25) is 0 Å². The summed E-state index contributed by atoms with van der Waals surface area (Å²) in [6.07, 6.45) is 2.70. The highest BCUT2D eigenvalue weighted by molar-refractivity contribution is 7.98. The van der Waals surface area contributed by atoms with E-state index in [1.807, 2.05) is 13.2 Å². The third kappa shape index (κ3) is 4.37. The van der Waals surface area contributed by atoms with Crippen LogP contribution in [-0.4, -0.2) is 43.0 Å². The molecule has 0 saturated heterocycles. The van der Waals surface area contributed by atoms with Gasteiger partial charge in [0.15, 0.2) is 0 Å². The Bertz CT molecular complexity index is 445. The minimum Gasteiger partial charge on any atom is -0.380 e. The van der Waals surface area contributed by atoms with Gasteiger partial charge in [-0.15, -0.1) is 0 Å². The lowest BCUT2D eigenvalue weighted by molar-refractivity contribution is 0.0803. The van der Waals surface area contributed by atoms with Crippen molar-refractivity contribution in [3.8, 4) is 0 Å². The third-order valence-electron chi connectivity index (χ3n) is 2.82. The predicted molar refractivity (Wildman–Crippen MR) is 80.5 cm³/mol. The molecule has 1 rings (SSSR count). The Labute approximate surface area is 122 Å². The van der Waals surface area contributed by atoms with Gasteiger partial charge in [-0.2, -0.15) is 11.8 Å². The lowest BCUT2D eigenvalue weighted by atomic mass is 10.1. The molecule has 0 radical (unpaired) electrons. The SMILES string of the molecule is CCCNc1c(F)cc(C(=O)N(C)CCSC)cc1F. The smallest absolute Gasteiger partial charge is 0.253 e. The number of thioether (sulfide) groups is 1. The Morgan fingerprint density at radius 3 is 2.45 bits per heavy atom. The maximum Gasteiger partial charge on any atom is 0.253 e. The highest BCUT2D eigenvalue weighted by atomic mass is 32.2. The fourth-order valence-corrected chi connectivity index (χ4v) is 2.12. The van der Waals surface area contributed by atoms with Crippen molar-refractivity contribution in [3.05, 3.63) is 29.3 Å². The van der Waals surface area contributed by atoms with Crippen LogP contribution >= 0.6 is 11.8 Å². The van der Waals surface area contributed by atoms with Crippen molar-refractivity contribution in [1.29, 1.82) is 0 Å². The van der Waals surface area contributed by atoms with Crippen molar-refractivity contribution >= 4 is 23.4 Å². The molecule has 0 heterocycles. The van der Waals surface area contributed by atoms with Gasteiger partial charge in [0.05, 0.1) is 0 Å². The van der Waals surface area contributed by atoms with E-state index < -0.39 is 11.6 Å². The van der Waals surface area contributed by atoms with E-state index >= 15 is 0 Å². The first kappa shape index (κ1) is 16.8. The molecule has 0 aliphatic carbocycles. The van der Waals surface area contributed by atoms with E-state index in [1.54, 1.807) is 18.8 Å². The summed E-state index contributed by atoms with van der Waals surface area (Å²) in [5.74, 6) is -1.07. The summed E-state index contributed by atoms with van der Waals surface area (Å²) in [4.78, 5) is 13.5. The van der Waals surface area contributed by atoms with Crippen molar-refractivity contribution in [2.24, 2.45) is 0 Å². The van der Waals surface area contributed by atoms with Crippen molar-refractivity contribution in [1.82, 2.24) is 4.90 Å². The summed E-state index contributed by atoms with van der Waals surface area (Å²) < 4.78 is 27.7. The van der Waals surface area contributed by atoms with Gasteiger partial charge in [-0.05, 0) is 24.8 Å². The number of nitrogens with one attached hydrogen (secondary N) is 1. The van der Waals surface area contributed by atoms with Crippen LogP contribution in [0.2, 0.25) is 0 Å². The zero-order valence-electron chi connectivity index (χ0n) is 12.0. The average Bonchev–Trinajstić information content (AvgIpc) is 2.42. The molecule has 1 aromatic carbocycles. The summed E-state index contributed by atoms with van der Waals surface area (Å²) >= 11 is 1.61. The summed E-state index contributed by atoms with van der Waals surface area (Å²) in [7, 11) is 1.62. The van der Waals surface area contributed by atoms with Gasteiger partial charge >= 0.3 is 0 Å². The highest BCUT2D eigenvalue weighted by Crippen LogP contribution is 2.21. The van der Waals surface area contributed by atoms with Crippen LogP contribution in [0.3, 0.4) is 0 Å². The minimum absolute atomic E-state index is 0.0330. The number of nitrogens with zero attached hydrogens (tertiary/aromatic N) is 1. The molecule has 1 aromatic rings. The van der Waals surface area contributed by atoms with Crippen molar-refractivity contribution in [2.75, 3.05) is 37.5 Å². The second-order valence-corrected chi connectivity index (χ2v) is 5.45. The Morgan fingerprint density at radius 1 is 1.35 bits per heavy atom. The Kier molecular flexibility index (Phi) is 6.78.